The van der Waals surface area contributed by atoms with Crippen LogP contribution in [0.1, 0.15) is 22.7 Å². The van der Waals surface area contributed by atoms with Crippen molar-refractivity contribution in [2.75, 3.05) is 47.5 Å². The molecule has 0 aromatic heterocycles. The van der Waals surface area contributed by atoms with Gasteiger partial charge in [-0.3, -0.25) is 5.01 Å². The van der Waals surface area contributed by atoms with Crippen LogP contribution in [0.15, 0.2) is 65.8 Å². The Morgan fingerprint density at radius 2 is 1.36 bits per heavy atom. The Kier molecular flexibility index (Phi) is 5.92. The minimum atomic E-state index is 0.394. The highest BCUT2D eigenvalue weighted by Crippen LogP contribution is 2.41. The smallest absolute Gasteiger partial charge is 0.140 e. The summed E-state index contributed by atoms with van der Waals surface area (Å²) < 4.78 is 16.4. The summed E-state index contributed by atoms with van der Waals surface area (Å²) in [6.45, 7) is 3.85. The van der Waals surface area contributed by atoms with Crippen molar-refractivity contribution in [3.05, 3.63) is 77.4 Å². The highest BCUT2D eigenvalue weighted by atomic mass is 16.5. The topological polar surface area (TPSA) is 47.7 Å². The predicted octanol–water partition coefficient (Wildman–Crippen LogP) is 3.02. The predicted molar refractivity (Wildman–Crippen MR) is 130 cm³/mol. The molecule has 5 rings (SSSR count). The molecule has 3 aromatic carbocycles. The molecule has 1 saturated heterocycles. The minimum Gasteiger partial charge on any atom is -0.496 e. The summed E-state index contributed by atoms with van der Waals surface area (Å²) in [5.74, 6) is 2.05. The van der Waals surface area contributed by atoms with Crippen LogP contribution >= 0.6 is 0 Å². The van der Waals surface area contributed by atoms with E-state index in [1.165, 1.54) is 22.3 Å². The van der Waals surface area contributed by atoms with E-state index in [2.05, 4.69) is 53.5 Å². The summed E-state index contributed by atoms with van der Waals surface area (Å²) in [5.41, 5.74) is 6.46. The van der Waals surface area contributed by atoms with Crippen LogP contribution in [-0.4, -0.2) is 58.7 Å². The molecule has 6 nitrogen and oxygen atoms in total. The van der Waals surface area contributed by atoms with Crippen molar-refractivity contribution in [2.45, 2.75) is 6.04 Å². The van der Waals surface area contributed by atoms with E-state index in [1.54, 1.807) is 26.2 Å². The van der Waals surface area contributed by atoms with Crippen LogP contribution in [0.3, 0.4) is 0 Å². The molecular weight excluding hydrogens is 414 g/mol. The van der Waals surface area contributed by atoms with E-state index >= 15 is 0 Å². The molecule has 33 heavy (non-hydrogen) atoms. The van der Waals surface area contributed by atoms with E-state index < -0.39 is 0 Å². The van der Waals surface area contributed by atoms with Gasteiger partial charge in [-0.05, 0) is 11.1 Å². The van der Waals surface area contributed by atoms with Gasteiger partial charge >= 0.3 is 0 Å². The summed E-state index contributed by atoms with van der Waals surface area (Å²) in [5, 5.41) is 6.91. The molecule has 1 heterocycles. The van der Waals surface area contributed by atoms with Gasteiger partial charge in [-0.2, -0.15) is 5.10 Å². The number of hydrazone groups is 1. The number of piperazine rings is 1. The molecule has 1 N–H and O–H groups in total. The number of hydrogen-bond acceptors (Lipinski definition) is 5. The molecule has 0 spiro atoms. The molecule has 1 aliphatic heterocycles. The standard InChI is InChI=1S/C27H29N3O3/c1-31-19-16-25(32-2)24(26(17-19)33-3)18-28-30-14-12-29(13-15-30)27-22-10-6-4-8-20(22)21-9-5-7-11-23(21)27/h4-11,16-18,27H,12-15H2,1-3H3/p+1/b28-18-. The molecule has 0 saturated carbocycles. The maximum atomic E-state index is 5.55. The summed E-state index contributed by atoms with van der Waals surface area (Å²) in [6, 6.07) is 21.8. The minimum absolute atomic E-state index is 0.394. The van der Waals surface area contributed by atoms with Crippen LogP contribution < -0.4 is 19.1 Å². The fraction of sp³-hybridized carbons (Fsp3) is 0.296. The van der Waals surface area contributed by atoms with Gasteiger partial charge in [-0.15, -0.1) is 0 Å². The molecule has 0 atom stereocenters. The van der Waals surface area contributed by atoms with E-state index in [9.17, 15) is 0 Å². The Labute approximate surface area is 195 Å². The first kappa shape index (κ1) is 21.3. The normalized spacial score (nSPS) is 16.0. The molecule has 1 fully saturated rings. The molecule has 0 bridgehead atoms. The van der Waals surface area contributed by atoms with Gasteiger partial charge < -0.3 is 19.1 Å². The van der Waals surface area contributed by atoms with Gasteiger partial charge in [-0.1, -0.05) is 48.5 Å². The Morgan fingerprint density at radius 3 is 1.88 bits per heavy atom. The van der Waals surface area contributed by atoms with Crippen molar-refractivity contribution in [3.63, 3.8) is 0 Å². The molecule has 1 aliphatic carbocycles. The number of methoxy groups -OCH3 is 3. The van der Waals surface area contributed by atoms with Gasteiger partial charge in [-0.25, -0.2) is 0 Å². The maximum Gasteiger partial charge on any atom is 0.140 e. The number of fused-ring (bicyclic) bond motifs is 3. The van der Waals surface area contributed by atoms with Crippen LogP contribution in [0.2, 0.25) is 0 Å². The second-order valence-corrected chi connectivity index (χ2v) is 8.41. The lowest BCUT2D eigenvalue weighted by Gasteiger charge is -2.34. The van der Waals surface area contributed by atoms with Crippen LogP contribution in [0.25, 0.3) is 11.1 Å². The number of quaternary nitrogens is 1. The van der Waals surface area contributed by atoms with Crippen LogP contribution in [0, 0.1) is 0 Å². The lowest BCUT2D eigenvalue weighted by Crippen LogP contribution is -3.14. The highest BCUT2D eigenvalue weighted by Gasteiger charge is 2.37. The van der Waals surface area contributed by atoms with Gasteiger partial charge in [0.15, 0.2) is 0 Å². The van der Waals surface area contributed by atoms with Gasteiger partial charge in [0, 0.05) is 23.3 Å². The fourth-order valence-electron chi connectivity index (χ4n) is 5.08. The third-order valence-corrected chi connectivity index (χ3v) is 6.73. The Morgan fingerprint density at radius 1 is 0.818 bits per heavy atom. The third-order valence-electron chi connectivity index (χ3n) is 6.73. The summed E-state index contributed by atoms with van der Waals surface area (Å²) in [6.07, 6.45) is 1.84. The SMILES string of the molecule is COc1cc(OC)c(/C=N\N2CC[NH+](C3c4ccccc4-c4ccccc43)CC2)c(OC)c1. The van der Waals surface area contributed by atoms with Crippen molar-refractivity contribution in [1.82, 2.24) is 5.01 Å². The second kappa shape index (κ2) is 9.16. The van der Waals surface area contributed by atoms with Gasteiger partial charge in [0.1, 0.15) is 23.3 Å². The van der Waals surface area contributed by atoms with Crippen molar-refractivity contribution >= 4 is 6.21 Å². The molecule has 0 radical (unpaired) electrons. The van der Waals surface area contributed by atoms with Gasteiger partial charge in [0.05, 0.1) is 59.3 Å². The summed E-state index contributed by atoms with van der Waals surface area (Å²) >= 11 is 0. The third kappa shape index (κ3) is 3.91. The summed E-state index contributed by atoms with van der Waals surface area (Å²) in [7, 11) is 4.92. The van der Waals surface area contributed by atoms with Gasteiger partial charge in [0.25, 0.3) is 0 Å². The number of nitrogens with zero attached hydrogens (tertiary/aromatic N) is 2. The second-order valence-electron chi connectivity index (χ2n) is 8.41. The molecule has 6 heteroatoms. The summed E-state index contributed by atoms with van der Waals surface area (Å²) in [4.78, 5) is 1.60. The molecule has 170 valence electrons. The highest BCUT2D eigenvalue weighted by molar-refractivity contribution is 5.88. The molecule has 2 aliphatic rings. The van der Waals surface area contributed by atoms with Crippen LogP contribution in [0.5, 0.6) is 17.2 Å². The Bertz CT molecular complexity index is 1100. The number of benzene rings is 3. The van der Waals surface area contributed by atoms with Crippen LogP contribution in [-0.2, 0) is 0 Å². The number of ether oxygens (including phenoxy) is 3. The Balaban J connectivity index is 1.32. The van der Waals surface area contributed by atoms with Gasteiger partial charge in [0.2, 0.25) is 0 Å². The number of nitrogens with one attached hydrogen (secondary N) is 1. The molecular formula is C27H30N3O3+. The van der Waals surface area contributed by atoms with Crippen molar-refractivity contribution in [1.29, 1.82) is 0 Å². The largest absolute Gasteiger partial charge is 0.496 e. The average molecular weight is 445 g/mol. The monoisotopic (exact) mass is 444 g/mol. The van der Waals surface area contributed by atoms with E-state index in [-0.39, 0.29) is 0 Å². The average Bonchev–Trinajstić information content (AvgIpc) is 3.21. The van der Waals surface area contributed by atoms with E-state index in [0.717, 1.165) is 31.7 Å². The number of rotatable bonds is 6. The number of hydrogen-bond donors (Lipinski definition) is 1. The lowest BCUT2D eigenvalue weighted by molar-refractivity contribution is -0.929. The van der Waals surface area contributed by atoms with Crippen molar-refractivity contribution < 1.29 is 19.1 Å². The fourth-order valence-corrected chi connectivity index (χ4v) is 5.08. The lowest BCUT2D eigenvalue weighted by atomic mass is 10.0. The zero-order valence-corrected chi connectivity index (χ0v) is 19.4. The van der Waals surface area contributed by atoms with E-state index in [0.29, 0.717) is 23.3 Å². The first-order valence-electron chi connectivity index (χ1n) is 11.3. The molecule has 3 aromatic rings. The van der Waals surface area contributed by atoms with E-state index in [4.69, 9.17) is 19.3 Å². The van der Waals surface area contributed by atoms with Crippen molar-refractivity contribution in [2.24, 2.45) is 5.10 Å². The first-order chi connectivity index (χ1) is 16.2. The van der Waals surface area contributed by atoms with Crippen LogP contribution in [0.4, 0.5) is 0 Å². The van der Waals surface area contributed by atoms with Crippen molar-refractivity contribution in [3.8, 4) is 28.4 Å². The Hall–Kier alpha value is -3.51. The van der Waals surface area contributed by atoms with E-state index in [1.807, 2.05) is 18.3 Å². The molecule has 0 unspecified atom stereocenters. The maximum absolute atomic E-state index is 5.55. The zero-order valence-electron chi connectivity index (χ0n) is 19.4. The quantitative estimate of drug-likeness (QED) is 0.594. The molecule has 0 amide bonds. The first-order valence-corrected chi connectivity index (χ1v) is 11.3. The zero-order chi connectivity index (χ0) is 22.8.